The summed E-state index contributed by atoms with van der Waals surface area (Å²) in [7, 11) is 0. The van der Waals surface area contributed by atoms with Gasteiger partial charge in [0, 0.05) is 0 Å². The summed E-state index contributed by atoms with van der Waals surface area (Å²) in [5.74, 6) is 0. The van der Waals surface area contributed by atoms with Gasteiger partial charge >= 0.3 is 0 Å². The summed E-state index contributed by atoms with van der Waals surface area (Å²) in [4.78, 5) is 13.1. The van der Waals surface area contributed by atoms with E-state index in [0.717, 1.165) is 5.56 Å². The molecule has 0 aromatic heterocycles. The van der Waals surface area contributed by atoms with E-state index in [0.29, 0.717) is 6.54 Å². The fourth-order valence-electron chi connectivity index (χ4n) is 0.707. The topological polar surface area (TPSA) is 89.8 Å². The zero-order chi connectivity index (χ0) is 10.8. The molecule has 14 heavy (non-hydrogen) atoms. The molecule has 1 N–H and O–H groups in total. The van der Waals surface area contributed by atoms with Crippen molar-refractivity contribution in [1.82, 2.24) is 0 Å². The van der Waals surface area contributed by atoms with E-state index < -0.39 is 11.4 Å². The standard InChI is InChI=1S/C8H7NO.H2O3S/c10-7-9-6-8-4-2-1-3-5-8;1-4(2)3/h1-5H,6H2;(H2,1,2,3)/p-1. The molecule has 1 aromatic rings. The van der Waals surface area contributed by atoms with Gasteiger partial charge in [-0.1, -0.05) is 30.3 Å². The third-order valence-corrected chi connectivity index (χ3v) is 1.17. The molecule has 0 bridgehead atoms. The molecule has 0 saturated carbocycles. The van der Waals surface area contributed by atoms with Crippen LogP contribution in [0.5, 0.6) is 0 Å². The van der Waals surface area contributed by atoms with Crippen LogP contribution in [0.1, 0.15) is 5.56 Å². The van der Waals surface area contributed by atoms with Gasteiger partial charge in [0.25, 0.3) is 0 Å². The zero-order valence-corrected chi connectivity index (χ0v) is 7.94. The predicted molar refractivity (Wildman–Crippen MR) is 49.8 cm³/mol. The molecule has 1 rings (SSSR count). The largest absolute Gasteiger partial charge is 0.750 e. The fraction of sp³-hybridized carbons (Fsp3) is 0.125. The molecule has 1 unspecified atom stereocenters. The third-order valence-electron chi connectivity index (χ3n) is 1.17. The van der Waals surface area contributed by atoms with Gasteiger partial charge in [-0.15, -0.1) is 0 Å². The van der Waals surface area contributed by atoms with Crippen LogP contribution >= 0.6 is 0 Å². The van der Waals surface area contributed by atoms with Crippen molar-refractivity contribution in [2.45, 2.75) is 6.54 Å². The molecule has 76 valence electrons. The molecule has 5 nitrogen and oxygen atoms in total. The summed E-state index contributed by atoms with van der Waals surface area (Å²) in [6, 6.07) is 9.58. The average Bonchev–Trinajstić information content (AvgIpc) is 2.15. The van der Waals surface area contributed by atoms with Gasteiger partial charge in [0.2, 0.25) is 6.08 Å². The normalized spacial score (nSPS) is 10.4. The highest BCUT2D eigenvalue weighted by Crippen LogP contribution is 1.98. The quantitative estimate of drug-likeness (QED) is 0.449. The van der Waals surface area contributed by atoms with Crippen LogP contribution in [0.3, 0.4) is 0 Å². The Kier molecular flexibility index (Phi) is 7.49. The molecule has 0 fully saturated rings. The van der Waals surface area contributed by atoms with E-state index in [1.807, 2.05) is 30.3 Å². The summed E-state index contributed by atoms with van der Waals surface area (Å²) < 4.78 is 24.1. The van der Waals surface area contributed by atoms with Gasteiger partial charge in [-0.3, -0.25) is 0 Å². The number of hydrogen-bond donors (Lipinski definition) is 1. The highest BCUT2D eigenvalue weighted by Gasteiger charge is 1.84. The van der Waals surface area contributed by atoms with E-state index in [1.165, 1.54) is 6.08 Å². The number of carbonyl (C=O) groups excluding carboxylic acids is 1. The first-order chi connectivity index (χ1) is 6.66. The molecule has 0 aliphatic heterocycles. The first-order valence-corrected chi connectivity index (χ1v) is 4.56. The Morgan fingerprint density at radius 1 is 1.43 bits per heavy atom. The van der Waals surface area contributed by atoms with Crippen molar-refractivity contribution in [3.63, 3.8) is 0 Å². The van der Waals surface area contributed by atoms with Crippen molar-refractivity contribution in [1.29, 1.82) is 0 Å². The molecule has 1 aromatic carbocycles. The highest BCUT2D eigenvalue weighted by atomic mass is 32.2. The second kappa shape index (κ2) is 8.28. The van der Waals surface area contributed by atoms with Gasteiger partial charge < -0.3 is 9.11 Å². The third kappa shape index (κ3) is 8.76. The smallest absolute Gasteiger partial charge is 0.235 e. The minimum absolute atomic E-state index is 0.435. The maximum atomic E-state index is 9.69. The maximum absolute atomic E-state index is 9.69. The van der Waals surface area contributed by atoms with Crippen LogP contribution in [0.25, 0.3) is 0 Å². The van der Waals surface area contributed by atoms with Gasteiger partial charge in [0.1, 0.15) is 0 Å². The molecule has 0 heterocycles. The van der Waals surface area contributed by atoms with E-state index in [1.54, 1.807) is 0 Å². The van der Waals surface area contributed by atoms with Crippen LogP contribution in [0.15, 0.2) is 35.3 Å². The number of rotatable bonds is 2. The van der Waals surface area contributed by atoms with Crippen molar-refractivity contribution >= 4 is 17.4 Å². The summed E-state index contributed by atoms with van der Waals surface area (Å²) in [5, 5.41) is 0. The van der Waals surface area contributed by atoms with E-state index >= 15 is 0 Å². The first kappa shape index (κ1) is 12.7. The van der Waals surface area contributed by atoms with Gasteiger partial charge in [0.05, 0.1) is 17.9 Å². The Bertz CT molecular complexity index is 317. The van der Waals surface area contributed by atoms with Gasteiger partial charge in [0.15, 0.2) is 0 Å². The number of hydrogen-bond acceptors (Lipinski definition) is 4. The molecule has 0 spiro atoms. The highest BCUT2D eigenvalue weighted by molar-refractivity contribution is 7.73. The lowest BCUT2D eigenvalue weighted by molar-refractivity contribution is 0.436. The van der Waals surface area contributed by atoms with Crippen molar-refractivity contribution in [3.8, 4) is 0 Å². The van der Waals surface area contributed by atoms with Crippen LogP contribution in [0.4, 0.5) is 0 Å². The fourth-order valence-corrected chi connectivity index (χ4v) is 0.707. The minimum Gasteiger partial charge on any atom is -0.750 e. The lowest BCUT2D eigenvalue weighted by Gasteiger charge is -1.89. The summed E-state index contributed by atoms with van der Waals surface area (Å²) in [6.07, 6.45) is 1.49. The molecule has 0 amide bonds. The van der Waals surface area contributed by atoms with Crippen LogP contribution in [-0.4, -0.2) is 19.4 Å². The number of nitrogens with zero attached hydrogens (tertiary/aromatic N) is 1. The SMILES string of the molecule is O=C=NCc1ccccc1.O=S([O-])O. The van der Waals surface area contributed by atoms with Crippen molar-refractivity contribution in [2.24, 2.45) is 4.99 Å². The maximum Gasteiger partial charge on any atom is 0.235 e. The second-order valence-electron chi connectivity index (χ2n) is 2.11. The molecule has 0 saturated heterocycles. The van der Waals surface area contributed by atoms with Crippen LogP contribution in [-0.2, 0) is 22.7 Å². The van der Waals surface area contributed by atoms with Crippen LogP contribution in [0, 0.1) is 0 Å². The Labute approximate surface area is 83.6 Å². The minimum atomic E-state index is -2.86. The van der Waals surface area contributed by atoms with Crippen molar-refractivity contribution in [2.75, 3.05) is 0 Å². The summed E-state index contributed by atoms with van der Waals surface area (Å²) in [6.45, 7) is 0.435. The predicted octanol–water partition coefficient (Wildman–Crippen LogP) is 0.861. The van der Waals surface area contributed by atoms with Crippen molar-refractivity contribution in [3.05, 3.63) is 35.9 Å². The number of benzene rings is 1. The Balaban J connectivity index is 0.000000364. The number of isocyanates is 1. The number of aliphatic imine (C=N–C) groups is 1. The van der Waals surface area contributed by atoms with E-state index in [4.69, 9.17) is 13.3 Å². The summed E-state index contributed by atoms with van der Waals surface area (Å²) >= 11 is -2.86. The Morgan fingerprint density at radius 3 is 2.36 bits per heavy atom. The molecule has 6 heteroatoms. The van der Waals surface area contributed by atoms with Crippen molar-refractivity contribution < 1.29 is 18.1 Å². The molecule has 0 aliphatic carbocycles. The van der Waals surface area contributed by atoms with Gasteiger partial charge in [-0.25, -0.2) is 14.0 Å². The van der Waals surface area contributed by atoms with Gasteiger partial charge in [-0.05, 0) is 5.56 Å². The molecule has 0 radical (unpaired) electrons. The lowest BCUT2D eigenvalue weighted by atomic mass is 10.2. The zero-order valence-electron chi connectivity index (χ0n) is 7.12. The average molecular weight is 214 g/mol. The van der Waals surface area contributed by atoms with E-state index in [-0.39, 0.29) is 0 Å². The second-order valence-corrected chi connectivity index (χ2v) is 2.54. The molecular weight excluding hydrogens is 206 g/mol. The van der Waals surface area contributed by atoms with Crippen LogP contribution < -0.4 is 0 Å². The first-order valence-electron chi connectivity index (χ1n) is 3.52. The van der Waals surface area contributed by atoms with Crippen LogP contribution in [0.2, 0.25) is 0 Å². The van der Waals surface area contributed by atoms with E-state index in [9.17, 15) is 4.79 Å². The van der Waals surface area contributed by atoms with E-state index in [2.05, 4.69) is 4.99 Å². The molecular formula is C8H8NO4S-. The van der Waals surface area contributed by atoms with Gasteiger partial charge in [-0.2, -0.15) is 0 Å². The lowest BCUT2D eigenvalue weighted by Crippen LogP contribution is -1.77. The monoisotopic (exact) mass is 214 g/mol. The molecule has 0 aliphatic rings. The summed E-state index contributed by atoms with van der Waals surface area (Å²) in [5.41, 5.74) is 1.03. The Morgan fingerprint density at radius 2 is 1.93 bits per heavy atom. The Hall–Kier alpha value is -1.33. The molecule has 1 atom stereocenters.